The first-order chi connectivity index (χ1) is 14.1. The number of carboxylic acid groups (broad SMARTS) is 1. The van der Waals surface area contributed by atoms with Crippen molar-refractivity contribution in [3.63, 3.8) is 0 Å². The highest BCUT2D eigenvalue weighted by atomic mass is 16.4. The molecule has 0 aliphatic rings. The van der Waals surface area contributed by atoms with Crippen LogP contribution in [-0.2, 0) is 9.59 Å². The van der Waals surface area contributed by atoms with Crippen molar-refractivity contribution in [1.82, 2.24) is 0 Å². The summed E-state index contributed by atoms with van der Waals surface area (Å²) in [5, 5.41) is 21.6. The maximum absolute atomic E-state index is 12.4. The first-order valence-corrected chi connectivity index (χ1v) is 11.7. The van der Waals surface area contributed by atoms with Crippen molar-refractivity contribution >= 4 is 11.8 Å². The number of allylic oxidation sites excluding steroid dienone is 4. The molecule has 0 aliphatic carbocycles. The average Bonchev–Trinajstić information content (AvgIpc) is 2.62. The van der Waals surface area contributed by atoms with Crippen molar-refractivity contribution in [2.45, 2.75) is 96.0 Å². The molecule has 0 saturated heterocycles. The van der Waals surface area contributed by atoms with Gasteiger partial charge in [-0.15, -0.1) is 0 Å². The monoisotopic (exact) mass is 423 g/mol. The topological polar surface area (TPSA) is 77.4 Å². The Morgan fingerprint density at radius 1 is 0.867 bits per heavy atom. The van der Waals surface area contributed by atoms with Crippen LogP contribution in [0.25, 0.3) is 0 Å². The standard InChI is InChI=1S/C25H45NO4/c1-5-6-7-8-9-10-11-12-13-14-15-16-17-18-19-20-23(27)25(30,21-24(28)29)22-26(2,3)4/h9-10,12-13,30H,5-8,11,14-22H2,1-4H3/b10-9-,13-12-/t25-/m1/s1. The Bertz CT molecular complexity index is 534. The third-order valence-corrected chi connectivity index (χ3v) is 5.05. The lowest BCUT2D eigenvalue weighted by Gasteiger charge is -2.34. The molecule has 0 aromatic heterocycles. The number of rotatable bonds is 19. The number of nitrogens with zero attached hydrogens (tertiary/aromatic N) is 1. The molecule has 0 aliphatic heterocycles. The summed E-state index contributed by atoms with van der Waals surface area (Å²) in [4.78, 5) is 23.4. The van der Waals surface area contributed by atoms with Crippen molar-refractivity contribution in [2.24, 2.45) is 0 Å². The van der Waals surface area contributed by atoms with E-state index < -0.39 is 18.0 Å². The van der Waals surface area contributed by atoms with Crippen LogP contribution in [0.15, 0.2) is 24.3 Å². The van der Waals surface area contributed by atoms with Crippen LogP contribution >= 0.6 is 0 Å². The Morgan fingerprint density at radius 3 is 1.93 bits per heavy atom. The summed E-state index contributed by atoms with van der Waals surface area (Å²) >= 11 is 0. The summed E-state index contributed by atoms with van der Waals surface area (Å²) in [6.07, 6.45) is 20.6. The summed E-state index contributed by atoms with van der Waals surface area (Å²) in [7, 11) is 5.48. The minimum atomic E-state index is -1.84. The number of hydrogen-bond donors (Lipinski definition) is 1. The highest BCUT2D eigenvalue weighted by molar-refractivity contribution is 5.90. The molecule has 0 aromatic rings. The number of carbonyl (C=O) groups is 2. The van der Waals surface area contributed by atoms with E-state index in [9.17, 15) is 19.8 Å². The summed E-state index contributed by atoms with van der Waals surface area (Å²) in [6.45, 7) is 2.29. The van der Waals surface area contributed by atoms with Crippen LogP contribution in [0.4, 0.5) is 0 Å². The fraction of sp³-hybridized carbons (Fsp3) is 0.760. The van der Waals surface area contributed by atoms with E-state index in [-0.39, 0.29) is 18.7 Å². The number of carboxylic acids is 1. The normalized spacial score (nSPS) is 14.4. The second-order valence-electron chi connectivity index (χ2n) is 9.43. The van der Waals surface area contributed by atoms with Gasteiger partial charge < -0.3 is 19.5 Å². The molecule has 0 rings (SSSR count). The zero-order valence-electron chi connectivity index (χ0n) is 19.8. The van der Waals surface area contributed by atoms with Gasteiger partial charge in [0.05, 0.1) is 21.1 Å². The van der Waals surface area contributed by atoms with Crippen LogP contribution < -0.4 is 5.11 Å². The van der Waals surface area contributed by atoms with Gasteiger partial charge in [0, 0.05) is 18.8 Å². The number of hydrogen-bond acceptors (Lipinski definition) is 4. The maximum atomic E-state index is 12.4. The molecular weight excluding hydrogens is 378 g/mol. The number of likely N-dealkylation sites (N-methyl/N-ethyl adjacent to an activating group) is 1. The lowest BCUT2D eigenvalue weighted by molar-refractivity contribution is -0.875. The zero-order valence-corrected chi connectivity index (χ0v) is 19.8. The van der Waals surface area contributed by atoms with Gasteiger partial charge in [0.15, 0.2) is 11.4 Å². The van der Waals surface area contributed by atoms with Gasteiger partial charge in [-0.2, -0.15) is 0 Å². The third kappa shape index (κ3) is 16.3. The van der Waals surface area contributed by atoms with E-state index >= 15 is 0 Å². The number of unbranched alkanes of at least 4 members (excludes halogenated alkanes) is 8. The van der Waals surface area contributed by atoms with E-state index in [1.54, 1.807) is 0 Å². The number of carbonyl (C=O) groups excluding carboxylic acids is 2. The Hall–Kier alpha value is -1.46. The second-order valence-corrected chi connectivity index (χ2v) is 9.43. The number of aliphatic carboxylic acids is 1. The van der Waals surface area contributed by atoms with Crippen LogP contribution in [0.5, 0.6) is 0 Å². The first kappa shape index (κ1) is 28.5. The van der Waals surface area contributed by atoms with E-state index in [4.69, 9.17) is 0 Å². The molecule has 0 aromatic carbocycles. The van der Waals surface area contributed by atoms with Gasteiger partial charge in [-0.25, -0.2) is 0 Å². The van der Waals surface area contributed by atoms with Crippen molar-refractivity contribution in [1.29, 1.82) is 0 Å². The minimum Gasteiger partial charge on any atom is -0.550 e. The molecule has 174 valence electrons. The molecule has 1 N–H and O–H groups in total. The fourth-order valence-electron chi connectivity index (χ4n) is 3.60. The lowest BCUT2D eigenvalue weighted by Crippen LogP contribution is -2.56. The van der Waals surface area contributed by atoms with E-state index in [1.165, 1.54) is 25.7 Å². The Labute approximate surface area is 184 Å². The summed E-state index contributed by atoms with van der Waals surface area (Å²) in [6, 6.07) is 0. The molecule has 5 nitrogen and oxygen atoms in total. The first-order valence-electron chi connectivity index (χ1n) is 11.7. The van der Waals surface area contributed by atoms with Gasteiger partial charge in [-0.1, -0.05) is 63.3 Å². The Morgan fingerprint density at radius 2 is 1.40 bits per heavy atom. The molecule has 0 bridgehead atoms. The number of Topliss-reactive ketones (excluding diaryl/α,β-unsaturated/α-hetero) is 1. The molecule has 0 saturated carbocycles. The van der Waals surface area contributed by atoms with Crippen molar-refractivity contribution < 1.29 is 24.3 Å². The van der Waals surface area contributed by atoms with Crippen LogP contribution in [-0.4, -0.2) is 54.6 Å². The lowest BCUT2D eigenvalue weighted by atomic mass is 9.89. The smallest absolute Gasteiger partial charge is 0.177 e. The van der Waals surface area contributed by atoms with Gasteiger partial charge in [0.25, 0.3) is 0 Å². The van der Waals surface area contributed by atoms with Gasteiger partial charge in [0.1, 0.15) is 6.54 Å². The molecule has 0 unspecified atom stereocenters. The maximum Gasteiger partial charge on any atom is 0.177 e. The minimum absolute atomic E-state index is 0.0695. The molecule has 0 amide bonds. The van der Waals surface area contributed by atoms with E-state index in [1.807, 2.05) is 21.1 Å². The Kier molecular flexibility index (Phi) is 15.5. The zero-order chi connectivity index (χ0) is 22.9. The molecule has 5 heteroatoms. The van der Waals surface area contributed by atoms with Gasteiger partial charge in [-0.05, 0) is 38.5 Å². The van der Waals surface area contributed by atoms with E-state index in [0.29, 0.717) is 10.9 Å². The quantitative estimate of drug-likeness (QED) is 0.194. The number of ketones is 1. The number of quaternary nitrogens is 1. The second kappa shape index (κ2) is 16.3. The molecular formula is C25H45NO4. The SMILES string of the molecule is CCCCC/C=C\C/C=C\CCCCCCCC(=O)[C@@](O)(CC(=O)[O-])C[N+](C)(C)C. The van der Waals surface area contributed by atoms with Gasteiger partial charge in [-0.3, -0.25) is 4.79 Å². The fourth-order valence-corrected chi connectivity index (χ4v) is 3.60. The van der Waals surface area contributed by atoms with Crippen molar-refractivity contribution in [3.05, 3.63) is 24.3 Å². The van der Waals surface area contributed by atoms with Gasteiger partial charge >= 0.3 is 0 Å². The predicted molar refractivity (Wildman–Crippen MR) is 122 cm³/mol. The van der Waals surface area contributed by atoms with Gasteiger partial charge in [0.2, 0.25) is 0 Å². The number of aliphatic hydroxyl groups is 1. The summed E-state index contributed by atoms with van der Waals surface area (Å²) < 4.78 is 0.317. The van der Waals surface area contributed by atoms with E-state index in [2.05, 4.69) is 31.2 Å². The third-order valence-electron chi connectivity index (χ3n) is 5.05. The molecule has 0 fully saturated rings. The molecule has 30 heavy (non-hydrogen) atoms. The predicted octanol–water partition coefficient (Wildman–Crippen LogP) is 3.95. The largest absolute Gasteiger partial charge is 0.550 e. The summed E-state index contributed by atoms with van der Waals surface area (Å²) in [5.74, 6) is -1.77. The highest BCUT2D eigenvalue weighted by Crippen LogP contribution is 2.19. The molecule has 0 heterocycles. The van der Waals surface area contributed by atoms with Crippen molar-refractivity contribution in [3.8, 4) is 0 Å². The Balaban J connectivity index is 3.92. The molecule has 0 radical (unpaired) electrons. The van der Waals surface area contributed by atoms with E-state index in [0.717, 1.165) is 38.5 Å². The van der Waals surface area contributed by atoms with Crippen LogP contribution in [0.2, 0.25) is 0 Å². The molecule has 1 atom stereocenters. The van der Waals surface area contributed by atoms with Crippen LogP contribution in [0.1, 0.15) is 90.4 Å². The van der Waals surface area contributed by atoms with Crippen molar-refractivity contribution in [2.75, 3.05) is 27.7 Å². The molecule has 0 spiro atoms. The van der Waals surface area contributed by atoms with Crippen LogP contribution in [0, 0.1) is 0 Å². The van der Waals surface area contributed by atoms with Crippen LogP contribution in [0.3, 0.4) is 0 Å². The summed E-state index contributed by atoms with van der Waals surface area (Å²) in [5.41, 5.74) is -1.84. The highest BCUT2D eigenvalue weighted by Gasteiger charge is 2.40. The average molecular weight is 424 g/mol.